The van der Waals surface area contributed by atoms with E-state index < -0.39 is 0 Å². The maximum atomic E-state index is 5.01. The van der Waals surface area contributed by atoms with Crippen LogP contribution in [0.1, 0.15) is 0 Å². The maximum absolute atomic E-state index is 5.01. The van der Waals surface area contributed by atoms with Gasteiger partial charge in [0, 0.05) is 12.3 Å². The summed E-state index contributed by atoms with van der Waals surface area (Å²) < 4.78 is 6.53. The van der Waals surface area contributed by atoms with Gasteiger partial charge in [-0.2, -0.15) is 14.6 Å². The first-order chi connectivity index (χ1) is 5.42. The average molecular weight is 150 g/mol. The molecule has 56 valence electrons. The molecule has 0 bridgehead atoms. The van der Waals surface area contributed by atoms with Gasteiger partial charge in [-0.1, -0.05) is 0 Å². The zero-order valence-electron chi connectivity index (χ0n) is 5.93. The minimum Gasteiger partial charge on any atom is -0.481 e. The Morgan fingerprint density at radius 2 is 2.36 bits per heavy atom. The topological polar surface area (TPSA) is 52.3 Å². The normalized spacial score (nSPS) is 10.3. The van der Waals surface area contributed by atoms with Gasteiger partial charge >= 0.3 is 0 Å². The molecule has 0 spiro atoms. The summed E-state index contributed by atoms with van der Waals surface area (Å²) >= 11 is 0. The van der Waals surface area contributed by atoms with E-state index in [1.54, 1.807) is 19.4 Å². The number of methoxy groups -OCH3 is 1. The summed E-state index contributed by atoms with van der Waals surface area (Å²) in [6.07, 6.45) is 3.06. The van der Waals surface area contributed by atoms with Gasteiger partial charge in [0.25, 0.3) is 5.78 Å². The Balaban J connectivity index is 2.79. The molecule has 0 atom stereocenters. The smallest absolute Gasteiger partial charge is 0.255 e. The molecule has 0 aliphatic rings. The molecule has 5 nitrogen and oxygen atoms in total. The molecule has 0 saturated heterocycles. The van der Waals surface area contributed by atoms with E-state index in [9.17, 15) is 0 Å². The molecule has 2 aromatic heterocycles. The average Bonchev–Trinajstić information content (AvgIpc) is 2.50. The first kappa shape index (κ1) is 6.09. The Morgan fingerprint density at radius 1 is 1.45 bits per heavy atom. The highest BCUT2D eigenvalue weighted by Gasteiger charge is 2.00. The summed E-state index contributed by atoms with van der Waals surface area (Å²) in [5, 5.41) is 3.91. The molecule has 2 rings (SSSR count). The molecule has 0 aromatic carbocycles. The van der Waals surface area contributed by atoms with Gasteiger partial charge in [0.15, 0.2) is 0 Å². The summed E-state index contributed by atoms with van der Waals surface area (Å²) in [5.74, 6) is 1.18. The predicted octanol–water partition coefficient (Wildman–Crippen LogP) is 0.133. The van der Waals surface area contributed by atoms with Crippen molar-refractivity contribution in [1.82, 2.24) is 19.6 Å². The van der Waals surface area contributed by atoms with E-state index in [-0.39, 0.29) is 0 Å². The van der Waals surface area contributed by atoms with Crippen molar-refractivity contribution in [1.29, 1.82) is 0 Å². The van der Waals surface area contributed by atoms with E-state index >= 15 is 0 Å². The van der Waals surface area contributed by atoms with E-state index in [1.807, 2.05) is 0 Å². The highest BCUT2D eigenvalue weighted by molar-refractivity contribution is 5.29. The second-order valence-electron chi connectivity index (χ2n) is 1.96. The van der Waals surface area contributed by atoms with Crippen LogP contribution in [0.25, 0.3) is 5.78 Å². The number of ether oxygens (including phenoxy) is 1. The molecule has 2 aromatic rings. The van der Waals surface area contributed by atoms with Crippen molar-refractivity contribution < 1.29 is 4.74 Å². The van der Waals surface area contributed by atoms with Crippen molar-refractivity contribution in [2.45, 2.75) is 0 Å². The predicted molar refractivity (Wildman–Crippen MR) is 37.3 cm³/mol. The van der Waals surface area contributed by atoms with Gasteiger partial charge in [-0.15, -0.1) is 0 Å². The van der Waals surface area contributed by atoms with Gasteiger partial charge < -0.3 is 4.74 Å². The van der Waals surface area contributed by atoms with Crippen molar-refractivity contribution in [2.24, 2.45) is 0 Å². The van der Waals surface area contributed by atoms with Gasteiger partial charge in [-0.05, 0) is 0 Å². The Bertz CT molecular complexity index is 369. The molecule has 11 heavy (non-hydrogen) atoms. The molecule has 0 fully saturated rings. The fourth-order valence-corrected chi connectivity index (χ4v) is 0.872. The number of aromatic nitrogens is 4. The highest BCUT2D eigenvalue weighted by Crippen LogP contribution is 2.07. The minimum atomic E-state index is 0.546. The van der Waals surface area contributed by atoms with Crippen LogP contribution in [-0.2, 0) is 0 Å². The molecular formula is C6H6N4O. The third-order valence-electron chi connectivity index (χ3n) is 1.35. The summed E-state index contributed by atoms with van der Waals surface area (Å²) in [4.78, 5) is 7.85. The Labute approximate surface area is 62.7 Å². The van der Waals surface area contributed by atoms with Crippen LogP contribution >= 0.6 is 0 Å². The van der Waals surface area contributed by atoms with Crippen LogP contribution in [0.4, 0.5) is 0 Å². The number of hydrogen-bond acceptors (Lipinski definition) is 4. The molecule has 0 radical (unpaired) electrons. The third-order valence-corrected chi connectivity index (χ3v) is 1.35. The summed E-state index contributed by atoms with van der Waals surface area (Å²) in [6.45, 7) is 0. The van der Waals surface area contributed by atoms with E-state index in [4.69, 9.17) is 4.74 Å². The quantitative estimate of drug-likeness (QED) is 0.580. The van der Waals surface area contributed by atoms with Crippen LogP contribution in [0, 0.1) is 0 Å². The number of rotatable bonds is 1. The Kier molecular flexibility index (Phi) is 1.21. The van der Waals surface area contributed by atoms with Gasteiger partial charge in [0.1, 0.15) is 6.33 Å². The fourth-order valence-electron chi connectivity index (χ4n) is 0.872. The van der Waals surface area contributed by atoms with Crippen molar-refractivity contribution >= 4 is 5.78 Å². The van der Waals surface area contributed by atoms with Crippen LogP contribution < -0.4 is 4.74 Å². The van der Waals surface area contributed by atoms with Gasteiger partial charge in [0.05, 0.1) is 7.11 Å². The summed E-state index contributed by atoms with van der Waals surface area (Å²) in [6, 6.07) is 1.72. The molecule has 0 aliphatic heterocycles. The second kappa shape index (κ2) is 2.19. The van der Waals surface area contributed by atoms with Crippen LogP contribution in [0.15, 0.2) is 18.6 Å². The molecular weight excluding hydrogens is 144 g/mol. The van der Waals surface area contributed by atoms with Crippen LogP contribution in [0.3, 0.4) is 0 Å². The van der Waals surface area contributed by atoms with Crippen molar-refractivity contribution in [2.75, 3.05) is 7.11 Å². The first-order valence-electron chi connectivity index (χ1n) is 3.10. The zero-order valence-corrected chi connectivity index (χ0v) is 5.93. The van der Waals surface area contributed by atoms with Crippen LogP contribution in [0.2, 0.25) is 0 Å². The molecule has 0 N–H and O–H groups in total. The lowest BCUT2D eigenvalue weighted by Crippen LogP contribution is -1.96. The number of fused-ring (bicyclic) bond motifs is 1. The molecule has 5 heteroatoms. The van der Waals surface area contributed by atoms with Gasteiger partial charge in [-0.3, -0.25) is 0 Å². The summed E-state index contributed by atoms with van der Waals surface area (Å²) in [7, 11) is 1.58. The molecule has 2 heterocycles. The molecule has 0 saturated carbocycles. The second-order valence-corrected chi connectivity index (χ2v) is 1.96. The third kappa shape index (κ3) is 0.813. The van der Waals surface area contributed by atoms with Crippen LogP contribution in [0.5, 0.6) is 5.88 Å². The first-order valence-corrected chi connectivity index (χ1v) is 3.10. The lowest BCUT2D eigenvalue weighted by molar-refractivity contribution is 0.384. The van der Waals surface area contributed by atoms with Crippen molar-refractivity contribution in [3.8, 4) is 5.88 Å². The monoisotopic (exact) mass is 150 g/mol. The van der Waals surface area contributed by atoms with Gasteiger partial charge in [-0.25, -0.2) is 4.98 Å². The zero-order chi connectivity index (χ0) is 7.68. The van der Waals surface area contributed by atoms with Crippen molar-refractivity contribution in [3.63, 3.8) is 0 Å². The van der Waals surface area contributed by atoms with E-state index in [0.717, 1.165) is 0 Å². The number of nitrogens with zero attached hydrogens (tertiary/aromatic N) is 4. The van der Waals surface area contributed by atoms with Crippen LogP contribution in [-0.4, -0.2) is 26.7 Å². The van der Waals surface area contributed by atoms with E-state index in [1.165, 1.54) is 10.8 Å². The van der Waals surface area contributed by atoms with E-state index in [0.29, 0.717) is 11.7 Å². The summed E-state index contributed by atoms with van der Waals surface area (Å²) in [5.41, 5.74) is 0. The fraction of sp³-hybridized carbons (Fsp3) is 0.167. The Morgan fingerprint density at radius 3 is 3.18 bits per heavy atom. The molecule has 0 aliphatic carbocycles. The molecule has 0 amide bonds. The van der Waals surface area contributed by atoms with Gasteiger partial charge in [0.2, 0.25) is 5.88 Å². The van der Waals surface area contributed by atoms with E-state index in [2.05, 4.69) is 15.1 Å². The lowest BCUT2D eigenvalue weighted by atomic mass is 10.6. The largest absolute Gasteiger partial charge is 0.481 e. The standard InChI is InChI=1S/C6H6N4O/c1-11-5-2-3-7-6-8-4-9-10(5)6/h2-4H,1H3. The minimum absolute atomic E-state index is 0.546. The number of hydrogen-bond donors (Lipinski definition) is 0. The maximum Gasteiger partial charge on any atom is 0.255 e. The van der Waals surface area contributed by atoms with Crippen molar-refractivity contribution in [3.05, 3.63) is 18.6 Å². The Hall–Kier alpha value is -1.65. The SMILES string of the molecule is COc1ccnc2ncnn12. The molecule has 0 unspecified atom stereocenters. The lowest BCUT2D eigenvalue weighted by Gasteiger charge is -1.98. The highest BCUT2D eigenvalue weighted by atomic mass is 16.5.